The summed E-state index contributed by atoms with van der Waals surface area (Å²) in [5.41, 5.74) is 4.72. The number of para-hydroxylation sites is 1. The van der Waals surface area contributed by atoms with Gasteiger partial charge in [-0.25, -0.2) is 0 Å². The molecule has 0 N–H and O–H groups in total. The molecule has 1 atom stereocenters. The molecule has 1 saturated heterocycles. The van der Waals surface area contributed by atoms with E-state index in [1.807, 2.05) is 23.1 Å². The van der Waals surface area contributed by atoms with Crippen LogP contribution in [0.4, 0.5) is 0 Å². The lowest BCUT2D eigenvalue weighted by atomic mass is 9.87. The van der Waals surface area contributed by atoms with Crippen LogP contribution in [0.3, 0.4) is 0 Å². The van der Waals surface area contributed by atoms with Crippen molar-refractivity contribution in [3.63, 3.8) is 0 Å². The monoisotopic (exact) mass is 454 g/mol. The molecule has 3 aromatic carbocycles. The van der Waals surface area contributed by atoms with Crippen LogP contribution in [-0.4, -0.2) is 48.8 Å². The van der Waals surface area contributed by atoms with Crippen LogP contribution in [0.25, 0.3) is 10.9 Å². The van der Waals surface area contributed by atoms with E-state index in [1.165, 1.54) is 22.0 Å². The van der Waals surface area contributed by atoms with Gasteiger partial charge in [-0.2, -0.15) is 0 Å². The van der Waals surface area contributed by atoms with E-state index < -0.39 is 0 Å². The van der Waals surface area contributed by atoms with Gasteiger partial charge in [0.2, 0.25) is 5.91 Å². The molecule has 0 unspecified atom stereocenters. The molecular formula is C29H30N2O3. The van der Waals surface area contributed by atoms with Gasteiger partial charge >= 0.3 is 0 Å². The SMILES string of the molecule is COc1ccc([C@H](CC(=O)N2CCOCC2)c2cn(Cc3ccccc3)c3ccccc23)cc1. The Hall–Kier alpha value is -3.57. The van der Waals surface area contributed by atoms with Gasteiger partial charge in [-0.3, -0.25) is 4.79 Å². The number of hydrogen-bond donors (Lipinski definition) is 0. The van der Waals surface area contributed by atoms with Gasteiger partial charge in [0, 0.05) is 49.1 Å². The number of morpholine rings is 1. The second-order valence-corrected chi connectivity index (χ2v) is 8.74. The minimum atomic E-state index is -0.0526. The Morgan fingerprint density at radius 3 is 2.38 bits per heavy atom. The number of nitrogens with zero attached hydrogens (tertiary/aromatic N) is 2. The normalized spacial score (nSPS) is 14.8. The van der Waals surface area contributed by atoms with Crippen molar-refractivity contribution in [3.8, 4) is 5.75 Å². The van der Waals surface area contributed by atoms with Crippen molar-refractivity contribution in [3.05, 3.63) is 102 Å². The number of methoxy groups -OCH3 is 1. The molecule has 4 aromatic rings. The van der Waals surface area contributed by atoms with Crippen LogP contribution >= 0.6 is 0 Å². The van der Waals surface area contributed by atoms with Crippen LogP contribution in [0.5, 0.6) is 5.75 Å². The van der Waals surface area contributed by atoms with Crippen molar-refractivity contribution in [1.82, 2.24) is 9.47 Å². The molecule has 5 rings (SSSR count). The second-order valence-electron chi connectivity index (χ2n) is 8.74. The fourth-order valence-electron chi connectivity index (χ4n) is 4.82. The quantitative estimate of drug-likeness (QED) is 0.391. The number of carbonyl (C=O) groups is 1. The molecule has 1 aliphatic heterocycles. The maximum atomic E-state index is 13.4. The number of aromatic nitrogens is 1. The summed E-state index contributed by atoms with van der Waals surface area (Å²) in [6.45, 7) is 3.31. The van der Waals surface area contributed by atoms with Crippen molar-refractivity contribution >= 4 is 16.8 Å². The Morgan fingerprint density at radius 2 is 1.65 bits per heavy atom. The van der Waals surface area contributed by atoms with Crippen LogP contribution in [0.2, 0.25) is 0 Å². The van der Waals surface area contributed by atoms with E-state index in [0.717, 1.165) is 17.9 Å². The predicted molar refractivity (Wildman–Crippen MR) is 134 cm³/mol. The molecule has 0 spiro atoms. The summed E-state index contributed by atoms with van der Waals surface area (Å²) in [5, 5.41) is 1.19. The number of benzene rings is 3. The first kappa shape index (κ1) is 22.2. The van der Waals surface area contributed by atoms with Crippen LogP contribution in [0.15, 0.2) is 85.1 Å². The number of amides is 1. The molecule has 5 heteroatoms. The number of hydrogen-bond acceptors (Lipinski definition) is 3. The standard InChI is InChI=1S/C29H30N2O3/c1-33-24-13-11-23(12-14-24)26(19-29(32)30-15-17-34-18-16-30)27-21-31(20-22-7-3-2-4-8-22)28-10-6-5-9-25(27)28/h2-14,21,26H,15-20H2,1H3/t26-/m0/s1. The average Bonchev–Trinajstić information content (AvgIpc) is 3.26. The minimum absolute atomic E-state index is 0.0526. The summed E-state index contributed by atoms with van der Waals surface area (Å²) in [5.74, 6) is 0.931. The Bertz CT molecular complexity index is 1240. The molecule has 1 amide bonds. The van der Waals surface area contributed by atoms with Crippen molar-refractivity contribution < 1.29 is 14.3 Å². The second kappa shape index (κ2) is 10.1. The van der Waals surface area contributed by atoms with Crippen molar-refractivity contribution in [2.75, 3.05) is 33.4 Å². The molecule has 1 aliphatic rings. The van der Waals surface area contributed by atoms with E-state index in [2.05, 4.69) is 71.4 Å². The van der Waals surface area contributed by atoms with Crippen LogP contribution in [0, 0.1) is 0 Å². The predicted octanol–water partition coefficient (Wildman–Crippen LogP) is 5.08. The molecule has 1 fully saturated rings. The largest absolute Gasteiger partial charge is 0.497 e. The van der Waals surface area contributed by atoms with E-state index in [4.69, 9.17) is 9.47 Å². The molecule has 2 heterocycles. The molecule has 0 bridgehead atoms. The van der Waals surface area contributed by atoms with Crippen molar-refractivity contribution in [2.45, 2.75) is 18.9 Å². The number of rotatable bonds is 7. The Morgan fingerprint density at radius 1 is 0.941 bits per heavy atom. The van der Waals surface area contributed by atoms with Crippen molar-refractivity contribution in [2.24, 2.45) is 0 Å². The summed E-state index contributed by atoms with van der Waals surface area (Å²) in [6.07, 6.45) is 2.66. The highest BCUT2D eigenvalue weighted by Gasteiger charge is 2.26. The van der Waals surface area contributed by atoms with E-state index >= 15 is 0 Å². The number of fused-ring (bicyclic) bond motifs is 1. The van der Waals surface area contributed by atoms with Gasteiger partial charge in [0.25, 0.3) is 0 Å². The Balaban J connectivity index is 1.55. The topological polar surface area (TPSA) is 43.7 Å². The molecule has 1 aromatic heterocycles. The van der Waals surface area contributed by atoms with E-state index in [1.54, 1.807) is 7.11 Å². The van der Waals surface area contributed by atoms with Gasteiger partial charge in [-0.1, -0.05) is 60.7 Å². The Labute approximate surface area is 200 Å². The summed E-state index contributed by atoms with van der Waals surface area (Å²) >= 11 is 0. The third-order valence-corrected chi connectivity index (χ3v) is 6.65. The van der Waals surface area contributed by atoms with Gasteiger partial charge < -0.3 is 18.9 Å². The zero-order chi connectivity index (χ0) is 23.3. The van der Waals surface area contributed by atoms with Crippen LogP contribution in [0.1, 0.15) is 29.0 Å². The fourth-order valence-corrected chi connectivity index (χ4v) is 4.82. The average molecular weight is 455 g/mol. The summed E-state index contributed by atoms with van der Waals surface area (Å²) in [4.78, 5) is 15.3. The maximum absolute atomic E-state index is 13.4. The van der Waals surface area contributed by atoms with Gasteiger partial charge in [-0.05, 0) is 34.9 Å². The zero-order valence-electron chi connectivity index (χ0n) is 19.5. The molecule has 0 saturated carbocycles. The first-order valence-electron chi connectivity index (χ1n) is 11.8. The summed E-state index contributed by atoms with van der Waals surface area (Å²) < 4.78 is 13.1. The number of ether oxygens (including phenoxy) is 2. The third kappa shape index (κ3) is 4.70. The van der Waals surface area contributed by atoms with E-state index in [-0.39, 0.29) is 11.8 Å². The highest BCUT2D eigenvalue weighted by molar-refractivity contribution is 5.87. The van der Waals surface area contributed by atoms with Gasteiger partial charge in [-0.15, -0.1) is 0 Å². The fraction of sp³-hybridized carbons (Fsp3) is 0.276. The zero-order valence-corrected chi connectivity index (χ0v) is 19.5. The molecule has 34 heavy (non-hydrogen) atoms. The number of carbonyl (C=O) groups excluding carboxylic acids is 1. The maximum Gasteiger partial charge on any atom is 0.223 e. The molecule has 5 nitrogen and oxygen atoms in total. The van der Waals surface area contributed by atoms with Gasteiger partial charge in [0.15, 0.2) is 0 Å². The van der Waals surface area contributed by atoms with E-state index in [0.29, 0.717) is 32.7 Å². The van der Waals surface area contributed by atoms with Crippen LogP contribution < -0.4 is 4.74 Å². The highest BCUT2D eigenvalue weighted by atomic mass is 16.5. The van der Waals surface area contributed by atoms with Gasteiger partial charge in [0.1, 0.15) is 5.75 Å². The van der Waals surface area contributed by atoms with E-state index in [9.17, 15) is 4.79 Å². The first-order valence-corrected chi connectivity index (χ1v) is 11.8. The molecule has 0 radical (unpaired) electrons. The Kier molecular flexibility index (Phi) is 6.63. The summed E-state index contributed by atoms with van der Waals surface area (Å²) in [7, 11) is 1.67. The van der Waals surface area contributed by atoms with Crippen molar-refractivity contribution in [1.29, 1.82) is 0 Å². The molecular weight excluding hydrogens is 424 g/mol. The first-order chi connectivity index (χ1) is 16.7. The molecule has 174 valence electrons. The van der Waals surface area contributed by atoms with Gasteiger partial charge in [0.05, 0.1) is 20.3 Å². The highest BCUT2D eigenvalue weighted by Crippen LogP contribution is 2.36. The smallest absolute Gasteiger partial charge is 0.223 e. The lowest BCUT2D eigenvalue weighted by Crippen LogP contribution is -2.41. The summed E-state index contributed by atoms with van der Waals surface area (Å²) in [6, 6.07) is 27.1. The molecule has 0 aliphatic carbocycles. The minimum Gasteiger partial charge on any atom is -0.497 e. The third-order valence-electron chi connectivity index (χ3n) is 6.65. The van der Waals surface area contributed by atoms with Crippen LogP contribution in [-0.2, 0) is 16.1 Å². The lowest BCUT2D eigenvalue weighted by Gasteiger charge is -2.28. The lowest BCUT2D eigenvalue weighted by molar-refractivity contribution is -0.135.